The highest BCUT2D eigenvalue weighted by molar-refractivity contribution is 7.88. The second kappa shape index (κ2) is 7.20. The molecule has 27 heavy (non-hydrogen) atoms. The first-order valence-corrected chi connectivity index (χ1v) is 10.5. The van der Waals surface area contributed by atoms with Crippen LogP contribution < -0.4 is 5.32 Å². The van der Waals surface area contributed by atoms with E-state index >= 15 is 0 Å². The fourth-order valence-electron chi connectivity index (χ4n) is 4.10. The number of halogens is 1. The SMILES string of the molecule is CC(=O)N[C@@]12CCN(S(=O)(=O)Cc3ccccc3F)C[C@@H]1CN(C(C)=O)C2. The summed E-state index contributed by atoms with van der Waals surface area (Å²) in [5, 5.41) is 2.96. The van der Waals surface area contributed by atoms with Crippen LogP contribution >= 0.6 is 0 Å². The van der Waals surface area contributed by atoms with Crippen molar-refractivity contribution in [3.8, 4) is 0 Å². The average molecular weight is 397 g/mol. The van der Waals surface area contributed by atoms with Crippen LogP contribution in [0.3, 0.4) is 0 Å². The van der Waals surface area contributed by atoms with Crippen LogP contribution in [0.25, 0.3) is 0 Å². The Bertz CT molecular complexity index is 860. The zero-order valence-electron chi connectivity index (χ0n) is 15.4. The quantitative estimate of drug-likeness (QED) is 0.811. The van der Waals surface area contributed by atoms with Crippen molar-refractivity contribution >= 4 is 21.8 Å². The Morgan fingerprint density at radius 3 is 2.59 bits per heavy atom. The van der Waals surface area contributed by atoms with E-state index < -0.39 is 27.1 Å². The number of piperidine rings is 1. The highest BCUT2D eigenvalue weighted by Gasteiger charge is 2.52. The lowest BCUT2D eigenvalue weighted by Gasteiger charge is -2.43. The van der Waals surface area contributed by atoms with E-state index in [1.165, 1.54) is 36.4 Å². The third-order valence-corrected chi connectivity index (χ3v) is 7.28. The molecular formula is C18H24FN3O4S. The molecule has 2 heterocycles. The summed E-state index contributed by atoms with van der Waals surface area (Å²) in [6.07, 6.45) is 0.414. The lowest BCUT2D eigenvalue weighted by molar-refractivity contribution is -0.128. The molecule has 3 rings (SSSR count). The number of nitrogens with one attached hydrogen (secondary N) is 1. The first-order chi connectivity index (χ1) is 12.6. The molecule has 0 bridgehead atoms. The molecule has 1 aromatic carbocycles. The number of amides is 2. The molecule has 2 aliphatic heterocycles. The summed E-state index contributed by atoms with van der Waals surface area (Å²) >= 11 is 0. The van der Waals surface area contributed by atoms with Gasteiger partial charge in [-0.2, -0.15) is 0 Å². The Kier molecular flexibility index (Phi) is 5.27. The average Bonchev–Trinajstić information content (AvgIpc) is 2.94. The summed E-state index contributed by atoms with van der Waals surface area (Å²) in [7, 11) is -3.71. The highest BCUT2D eigenvalue weighted by atomic mass is 32.2. The van der Waals surface area contributed by atoms with Crippen LogP contribution in [0.1, 0.15) is 25.8 Å². The van der Waals surface area contributed by atoms with Gasteiger partial charge in [0.15, 0.2) is 0 Å². The van der Waals surface area contributed by atoms with Crippen molar-refractivity contribution in [2.75, 3.05) is 26.2 Å². The zero-order valence-corrected chi connectivity index (χ0v) is 16.3. The van der Waals surface area contributed by atoms with Gasteiger partial charge in [0.1, 0.15) is 5.82 Å². The molecule has 9 heteroatoms. The number of likely N-dealkylation sites (tertiary alicyclic amines) is 1. The first-order valence-electron chi connectivity index (χ1n) is 8.88. The van der Waals surface area contributed by atoms with Crippen LogP contribution in [-0.2, 0) is 25.4 Å². The molecule has 0 aliphatic carbocycles. The van der Waals surface area contributed by atoms with Gasteiger partial charge in [0.2, 0.25) is 21.8 Å². The molecule has 0 radical (unpaired) electrons. The monoisotopic (exact) mass is 397 g/mol. The number of hydrogen-bond donors (Lipinski definition) is 1. The fraction of sp³-hybridized carbons (Fsp3) is 0.556. The van der Waals surface area contributed by atoms with Gasteiger partial charge < -0.3 is 10.2 Å². The standard InChI is InChI=1S/C18H24FN3O4S/c1-13(23)20-18-7-8-22(10-16(18)9-21(12-18)14(2)24)27(25,26)11-15-5-3-4-6-17(15)19/h3-6,16H,7-12H2,1-2H3,(H,20,23)/t16-,18+/m0/s1. The minimum atomic E-state index is -3.71. The van der Waals surface area contributed by atoms with Crippen molar-refractivity contribution in [3.63, 3.8) is 0 Å². The molecular weight excluding hydrogens is 373 g/mol. The summed E-state index contributed by atoms with van der Waals surface area (Å²) in [6, 6.07) is 5.83. The first kappa shape index (κ1) is 19.8. The normalized spacial score (nSPS) is 25.9. The number of sulfonamides is 1. The number of hydrogen-bond acceptors (Lipinski definition) is 4. The van der Waals surface area contributed by atoms with Gasteiger partial charge in [0.05, 0.1) is 11.3 Å². The van der Waals surface area contributed by atoms with Crippen LogP contribution in [0.5, 0.6) is 0 Å². The van der Waals surface area contributed by atoms with Crippen molar-refractivity contribution in [2.45, 2.75) is 31.6 Å². The predicted molar refractivity (Wildman–Crippen MR) is 97.5 cm³/mol. The van der Waals surface area contributed by atoms with Crippen LogP contribution in [0.4, 0.5) is 4.39 Å². The number of fused-ring (bicyclic) bond motifs is 1. The number of rotatable bonds is 4. The lowest BCUT2D eigenvalue weighted by atomic mass is 9.81. The number of carbonyl (C=O) groups is 2. The smallest absolute Gasteiger partial charge is 0.219 e. The molecule has 1 aromatic rings. The molecule has 2 fully saturated rings. The van der Waals surface area contributed by atoms with E-state index in [0.29, 0.717) is 19.5 Å². The third kappa shape index (κ3) is 3.98. The Morgan fingerprint density at radius 1 is 1.26 bits per heavy atom. The van der Waals surface area contributed by atoms with E-state index in [9.17, 15) is 22.4 Å². The minimum Gasteiger partial charge on any atom is -0.349 e. The van der Waals surface area contributed by atoms with E-state index in [-0.39, 0.29) is 36.4 Å². The van der Waals surface area contributed by atoms with E-state index in [2.05, 4.69) is 5.32 Å². The molecule has 2 amide bonds. The molecule has 7 nitrogen and oxygen atoms in total. The van der Waals surface area contributed by atoms with Crippen LogP contribution in [0.15, 0.2) is 24.3 Å². The maximum Gasteiger partial charge on any atom is 0.219 e. The maximum atomic E-state index is 13.9. The van der Waals surface area contributed by atoms with Crippen LogP contribution in [0.2, 0.25) is 0 Å². The van der Waals surface area contributed by atoms with Crippen molar-refractivity contribution < 1.29 is 22.4 Å². The minimum absolute atomic E-state index is 0.102. The Labute approximate surface area is 158 Å². The van der Waals surface area contributed by atoms with E-state index in [1.54, 1.807) is 11.0 Å². The molecule has 0 spiro atoms. The topological polar surface area (TPSA) is 86.8 Å². The fourth-order valence-corrected chi connectivity index (χ4v) is 5.69. The predicted octanol–water partition coefficient (Wildman–Crippen LogP) is 0.714. The number of carbonyl (C=O) groups excluding carboxylic acids is 2. The van der Waals surface area contributed by atoms with E-state index in [1.807, 2.05) is 0 Å². The van der Waals surface area contributed by atoms with E-state index in [4.69, 9.17) is 0 Å². The summed E-state index contributed by atoms with van der Waals surface area (Å²) in [4.78, 5) is 25.2. The molecule has 2 aliphatic rings. The summed E-state index contributed by atoms with van der Waals surface area (Å²) in [5.41, 5.74) is -0.477. The zero-order chi connectivity index (χ0) is 19.8. The van der Waals surface area contributed by atoms with Gasteiger partial charge in [-0.1, -0.05) is 18.2 Å². The Balaban J connectivity index is 1.80. The Morgan fingerprint density at radius 2 is 1.96 bits per heavy atom. The van der Waals surface area contributed by atoms with Gasteiger partial charge in [0.25, 0.3) is 0 Å². The highest BCUT2D eigenvalue weighted by Crippen LogP contribution is 2.36. The summed E-state index contributed by atoms with van der Waals surface area (Å²) < 4.78 is 40.9. The Hall–Kier alpha value is -2.00. The van der Waals surface area contributed by atoms with Crippen molar-refractivity contribution in [1.82, 2.24) is 14.5 Å². The van der Waals surface area contributed by atoms with Gasteiger partial charge in [0, 0.05) is 51.5 Å². The van der Waals surface area contributed by atoms with Gasteiger partial charge in [-0.05, 0) is 12.5 Å². The van der Waals surface area contributed by atoms with Gasteiger partial charge in [-0.15, -0.1) is 0 Å². The molecule has 0 saturated carbocycles. The largest absolute Gasteiger partial charge is 0.349 e. The van der Waals surface area contributed by atoms with Gasteiger partial charge in [-0.3, -0.25) is 9.59 Å². The van der Waals surface area contributed by atoms with E-state index in [0.717, 1.165) is 0 Å². The molecule has 2 saturated heterocycles. The number of benzene rings is 1. The van der Waals surface area contributed by atoms with Crippen molar-refractivity contribution in [2.24, 2.45) is 5.92 Å². The van der Waals surface area contributed by atoms with Crippen LogP contribution in [0, 0.1) is 11.7 Å². The number of nitrogens with zero attached hydrogens (tertiary/aromatic N) is 2. The summed E-state index contributed by atoms with van der Waals surface area (Å²) in [6.45, 7) is 4.07. The molecule has 2 atom stereocenters. The molecule has 0 aromatic heterocycles. The second-order valence-electron chi connectivity index (χ2n) is 7.39. The summed E-state index contributed by atoms with van der Waals surface area (Å²) in [5.74, 6) is -1.46. The maximum absolute atomic E-state index is 13.9. The lowest BCUT2D eigenvalue weighted by Crippen LogP contribution is -2.61. The van der Waals surface area contributed by atoms with Gasteiger partial charge in [-0.25, -0.2) is 17.1 Å². The molecule has 0 unspecified atom stereocenters. The van der Waals surface area contributed by atoms with Crippen LogP contribution in [-0.4, -0.2) is 61.2 Å². The second-order valence-corrected chi connectivity index (χ2v) is 9.36. The molecule has 148 valence electrons. The van der Waals surface area contributed by atoms with Crippen molar-refractivity contribution in [1.29, 1.82) is 0 Å². The third-order valence-electron chi connectivity index (χ3n) is 5.49. The molecule has 1 N–H and O–H groups in total. The van der Waals surface area contributed by atoms with Gasteiger partial charge >= 0.3 is 0 Å². The van der Waals surface area contributed by atoms with Crippen molar-refractivity contribution in [3.05, 3.63) is 35.6 Å².